The Balaban J connectivity index is 1.37. The molecule has 0 bridgehead atoms. The molecule has 0 spiro atoms. The Morgan fingerprint density at radius 3 is 2.84 bits per heavy atom. The van der Waals surface area contributed by atoms with Crippen LogP contribution >= 0.6 is 0 Å². The first-order chi connectivity index (χ1) is 15.0. The van der Waals surface area contributed by atoms with Crippen molar-refractivity contribution in [3.63, 3.8) is 0 Å². The molecule has 0 aliphatic carbocycles. The van der Waals surface area contributed by atoms with Gasteiger partial charge in [0.05, 0.1) is 22.3 Å². The first kappa shape index (κ1) is 21.5. The summed E-state index contributed by atoms with van der Waals surface area (Å²) in [7, 11) is -3.60. The number of hydrogen-bond donors (Lipinski definition) is 1. The fourth-order valence-corrected chi connectivity index (χ4v) is 5.85. The number of benzene rings is 2. The molecule has 2 aromatic carbocycles. The highest BCUT2D eigenvalue weighted by Gasteiger charge is 2.31. The number of amides is 1. The number of piperidine rings is 1. The number of sulfonamides is 1. The van der Waals surface area contributed by atoms with Gasteiger partial charge in [-0.1, -0.05) is 24.6 Å². The lowest BCUT2D eigenvalue weighted by molar-refractivity contribution is 0.0952. The fourth-order valence-electron chi connectivity index (χ4n) is 4.10. The highest BCUT2D eigenvalue weighted by atomic mass is 32.2. The predicted octanol–water partition coefficient (Wildman–Crippen LogP) is 3.42. The monoisotopic (exact) mass is 440 g/mol. The Bertz CT molecular complexity index is 1170. The van der Waals surface area contributed by atoms with E-state index in [0.717, 1.165) is 43.3 Å². The molecule has 7 nitrogen and oxygen atoms in total. The molecule has 1 N–H and O–H groups in total. The average Bonchev–Trinajstić information content (AvgIpc) is 3.20. The SMILES string of the molecule is CC1CCCCN1S(=O)(=O)c1cccc(C(=O)NCCCn2cnc3ccccc32)c1. The molecule has 1 aliphatic heterocycles. The second kappa shape index (κ2) is 9.20. The van der Waals surface area contributed by atoms with E-state index in [1.165, 1.54) is 6.07 Å². The summed E-state index contributed by atoms with van der Waals surface area (Å²) in [6, 6.07) is 14.2. The number of fused-ring (bicyclic) bond motifs is 1. The van der Waals surface area contributed by atoms with E-state index in [1.807, 2.05) is 37.5 Å². The molecular weight excluding hydrogens is 412 g/mol. The number of para-hydroxylation sites is 2. The molecule has 0 saturated carbocycles. The van der Waals surface area contributed by atoms with Crippen LogP contribution in [-0.2, 0) is 16.6 Å². The minimum absolute atomic E-state index is 0.0181. The molecule has 8 heteroatoms. The molecule has 1 atom stereocenters. The maximum absolute atomic E-state index is 13.1. The van der Waals surface area contributed by atoms with E-state index in [-0.39, 0.29) is 16.8 Å². The van der Waals surface area contributed by atoms with Gasteiger partial charge in [-0.25, -0.2) is 13.4 Å². The van der Waals surface area contributed by atoms with Gasteiger partial charge in [-0.05, 0) is 56.5 Å². The third kappa shape index (κ3) is 4.65. The Hall–Kier alpha value is -2.71. The van der Waals surface area contributed by atoms with E-state index in [1.54, 1.807) is 22.5 Å². The maximum Gasteiger partial charge on any atom is 0.251 e. The van der Waals surface area contributed by atoms with E-state index >= 15 is 0 Å². The lowest BCUT2D eigenvalue weighted by Gasteiger charge is -2.32. The fraction of sp³-hybridized carbons (Fsp3) is 0.391. The number of nitrogens with zero attached hydrogens (tertiary/aromatic N) is 3. The number of carbonyl (C=O) groups is 1. The van der Waals surface area contributed by atoms with Crippen LogP contribution in [0, 0.1) is 0 Å². The van der Waals surface area contributed by atoms with Crippen molar-refractivity contribution in [3.05, 3.63) is 60.4 Å². The molecule has 31 heavy (non-hydrogen) atoms. The molecule has 1 aromatic heterocycles. The van der Waals surface area contributed by atoms with Crippen LogP contribution in [0.1, 0.15) is 43.0 Å². The molecule has 4 rings (SSSR count). The van der Waals surface area contributed by atoms with Crippen LogP contribution in [0.15, 0.2) is 59.8 Å². The molecule has 1 unspecified atom stereocenters. The summed E-state index contributed by atoms with van der Waals surface area (Å²) in [5.41, 5.74) is 2.38. The summed E-state index contributed by atoms with van der Waals surface area (Å²) in [6.45, 7) is 3.70. The first-order valence-electron chi connectivity index (χ1n) is 10.8. The Labute approximate surface area is 183 Å². The van der Waals surface area contributed by atoms with E-state index in [2.05, 4.69) is 14.9 Å². The van der Waals surface area contributed by atoms with E-state index in [9.17, 15) is 13.2 Å². The first-order valence-corrected chi connectivity index (χ1v) is 12.2. The number of aryl methyl sites for hydroxylation is 1. The van der Waals surface area contributed by atoms with Crippen LogP contribution in [0.25, 0.3) is 11.0 Å². The predicted molar refractivity (Wildman–Crippen MR) is 120 cm³/mol. The van der Waals surface area contributed by atoms with Gasteiger partial charge < -0.3 is 9.88 Å². The molecule has 0 radical (unpaired) electrons. The van der Waals surface area contributed by atoms with Gasteiger partial charge in [-0.2, -0.15) is 4.31 Å². The van der Waals surface area contributed by atoms with Crippen molar-refractivity contribution in [2.45, 2.75) is 50.1 Å². The third-order valence-electron chi connectivity index (χ3n) is 5.83. The third-order valence-corrected chi connectivity index (χ3v) is 7.84. The van der Waals surface area contributed by atoms with E-state index < -0.39 is 10.0 Å². The summed E-state index contributed by atoms with van der Waals surface area (Å²) in [4.78, 5) is 17.2. The van der Waals surface area contributed by atoms with E-state index in [4.69, 9.17) is 0 Å². The zero-order chi connectivity index (χ0) is 21.8. The largest absolute Gasteiger partial charge is 0.352 e. The maximum atomic E-state index is 13.1. The number of carbonyl (C=O) groups excluding carboxylic acids is 1. The van der Waals surface area contributed by atoms with Crippen LogP contribution in [0.4, 0.5) is 0 Å². The molecule has 3 aromatic rings. The highest BCUT2D eigenvalue weighted by Crippen LogP contribution is 2.25. The minimum atomic E-state index is -3.60. The van der Waals surface area contributed by atoms with Gasteiger partial charge >= 0.3 is 0 Å². The van der Waals surface area contributed by atoms with Gasteiger partial charge in [0.1, 0.15) is 0 Å². The van der Waals surface area contributed by atoms with Crippen LogP contribution < -0.4 is 5.32 Å². The van der Waals surface area contributed by atoms with Crippen molar-refractivity contribution >= 4 is 27.0 Å². The van der Waals surface area contributed by atoms with Gasteiger partial charge in [0.15, 0.2) is 0 Å². The Morgan fingerprint density at radius 2 is 2.00 bits per heavy atom. The Morgan fingerprint density at radius 1 is 1.16 bits per heavy atom. The van der Waals surface area contributed by atoms with Gasteiger partial charge in [0, 0.05) is 31.2 Å². The standard InChI is InChI=1S/C23H28N4O3S/c1-18-8-4-5-15-27(18)31(29,30)20-10-6-9-19(16-20)23(28)24-13-7-14-26-17-25-21-11-2-3-12-22(21)26/h2-3,6,9-12,16-18H,4-5,7-8,13-15H2,1H3,(H,24,28). The molecule has 2 heterocycles. The van der Waals surface area contributed by atoms with Crippen molar-refractivity contribution in [3.8, 4) is 0 Å². The number of hydrogen-bond acceptors (Lipinski definition) is 4. The van der Waals surface area contributed by atoms with Gasteiger partial charge in [0.25, 0.3) is 5.91 Å². The molecule has 1 aliphatic rings. The Kier molecular flexibility index (Phi) is 6.38. The molecule has 164 valence electrons. The number of rotatable bonds is 7. The van der Waals surface area contributed by atoms with Gasteiger partial charge in [-0.15, -0.1) is 0 Å². The highest BCUT2D eigenvalue weighted by molar-refractivity contribution is 7.89. The summed E-state index contributed by atoms with van der Waals surface area (Å²) < 4.78 is 29.7. The van der Waals surface area contributed by atoms with Crippen molar-refractivity contribution in [1.29, 1.82) is 0 Å². The normalized spacial score (nSPS) is 17.6. The molecule has 1 amide bonds. The van der Waals surface area contributed by atoms with Crippen molar-refractivity contribution in [1.82, 2.24) is 19.2 Å². The van der Waals surface area contributed by atoms with Crippen LogP contribution in [-0.4, -0.2) is 47.3 Å². The van der Waals surface area contributed by atoms with Crippen LogP contribution in [0.2, 0.25) is 0 Å². The summed E-state index contributed by atoms with van der Waals surface area (Å²) in [5.74, 6) is -0.265. The summed E-state index contributed by atoms with van der Waals surface area (Å²) in [5, 5.41) is 2.90. The van der Waals surface area contributed by atoms with Gasteiger partial charge in [-0.3, -0.25) is 4.79 Å². The topological polar surface area (TPSA) is 84.3 Å². The van der Waals surface area contributed by atoms with Crippen LogP contribution in [0.5, 0.6) is 0 Å². The number of imidazole rings is 1. The van der Waals surface area contributed by atoms with Crippen molar-refractivity contribution < 1.29 is 13.2 Å². The smallest absolute Gasteiger partial charge is 0.251 e. The summed E-state index contributed by atoms with van der Waals surface area (Å²) in [6.07, 6.45) is 5.34. The zero-order valence-electron chi connectivity index (χ0n) is 17.7. The molecule has 1 saturated heterocycles. The molecule has 1 fully saturated rings. The zero-order valence-corrected chi connectivity index (χ0v) is 18.5. The van der Waals surface area contributed by atoms with Crippen molar-refractivity contribution in [2.75, 3.05) is 13.1 Å². The van der Waals surface area contributed by atoms with E-state index in [0.29, 0.717) is 18.7 Å². The quantitative estimate of drug-likeness (QED) is 0.571. The average molecular weight is 441 g/mol. The van der Waals surface area contributed by atoms with Crippen molar-refractivity contribution in [2.24, 2.45) is 0 Å². The lowest BCUT2D eigenvalue weighted by atomic mass is 10.1. The number of nitrogens with one attached hydrogen (secondary N) is 1. The van der Waals surface area contributed by atoms with Gasteiger partial charge in [0.2, 0.25) is 10.0 Å². The van der Waals surface area contributed by atoms with Crippen LogP contribution in [0.3, 0.4) is 0 Å². The second-order valence-electron chi connectivity index (χ2n) is 8.02. The molecular formula is C23H28N4O3S. The second-order valence-corrected chi connectivity index (χ2v) is 9.92. The lowest BCUT2D eigenvalue weighted by Crippen LogP contribution is -2.42. The summed E-state index contributed by atoms with van der Waals surface area (Å²) >= 11 is 0. The number of aromatic nitrogens is 2. The minimum Gasteiger partial charge on any atom is -0.352 e.